The Hall–Kier alpha value is -3.14. The molecule has 2 aliphatic heterocycles. The van der Waals surface area contributed by atoms with Crippen LogP contribution in [0.2, 0.25) is 0 Å². The Bertz CT molecular complexity index is 931. The zero-order valence-corrected chi connectivity index (χ0v) is 18.9. The first kappa shape index (κ1) is 24.5. The monoisotopic (exact) mass is 462 g/mol. The van der Waals surface area contributed by atoms with Gasteiger partial charge in [-0.3, -0.25) is 14.4 Å². The van der Waals surface area contributed by atoms with E-state index in [1.54, 1.807) is 19.1 Å². The van der Waals surface area contributed by atoms with Gasteiger partial charge in [-0.2, -0.15) is 0 Å². The maximum absolute atomic E-state index is 12.9. The molecule has 180 valence electrons. The van der Waals surface area contributed by atoms with Gasteiger partial charge in [-0.1, -0.05) is 32.9 Å². The molecule has 0 spiro atoms. The minimum atomic E-state index is -1.72. The summed E-state index contributed by atoms with van der Waals surface area (Å²) in [5.74, 6) is -2.48. The highest BCUT2D eigenvalue weighted by atomic mass is 16.6. The van der Waals surface area contributed by atoms with Gasteiger partial charge in [0.2, 0.25) is 5.91 Å². The molecule has 1 aromatic rings. The van der Waals surface area contributed by atoms with Gasteiger partial charge < -0.3 is 30.3 Å². The number of hydrogen-bond donors (Lipinski definition) is 4. The minimum absolute atomic E-state index is 0.107. The summed E-state index contributed by atoms with van der Waals surface area (Å²) in [6.07, 6.45) is -2.89. The Balaban J connectivity index is 1.75. The van der Waals surface area contributed by atoms with E-state index in [1.807, 2.05) is 13.8 Å². The number of amides is 2. The lowest BCUT2D eigenvalue weighted by atomic mass is 9.90. The number of nitrogens with one attached hydrogen (secondary N) is 2. The number of benzene rings is 1. The second-order valence-electron chi connectivity index (χ2n) is 8.83. The number of aliphatic hydroxyl groups is 1. The number of rotatable bonds is 8. The molecule has 2 aliphatic rings. The average molecular weight is 462 g/mol. The molecule has 0 bridgehead atoms. The van der Waals surface area contributed by atoms with Gasteiger partial charge in [0, 0.05) is 12.8 Å². The number of fused-ring (bicyclic) bond motifs is 1. The molecule has 0 aromatic heterocycles. The number of cyclic esters (lactones) is 2. The molecule has 0 aliphatic carbocycles. The predicted molar refractivity (Wildman–Crippen MR) is 115 cm³/mol. The molecule has 1 aromatic carbocycles. The molecule has 2 heterocycles. The van der Waals surface area contributed by atoms with Gasteiger partial charge in [0.25, 0.3) is 5.91 Å². The fourth-order valence-corrected chi connectivity index (χ4v) is 4.20. The summed E-state index contributed by atoms with van der Waals surface area (Å²) >= 11 is 0. The highest BCUT2D eigenvalue weighted by Crippen LogP contribution is 2.30. The van der Waals surface area contributed by atoms with Gasteiger partial charge in [-0.15, -0.1) is 0 Å². The van der Waals surface area contributed by atoms with Crippen LogP contribution in [0.4, 0.5) is 0 Å². The zero-order chi connectivity index (χ0) is 24.3. The van der Waals surface area contributed by atoms with Gasteiger partial charge in [0.15, 0.2) is 12.2 Å². The van der Waals surface area contributed by atoms with E-state index in [9.17, 15) is 29.4 Å². The van der Waals surface area contributed by atoms with E-state index in [-0.39, 0.29) is 42.4 Å². The van der Waals surface area contributed by atoms with Crippen LogP contribution >= 0.6 is 0 Å². The lowest BCUT2D eigenvalue weighted by Crippen LogP contribution is -2.56. The largest absolute Gasteiger partial charge is 0.507 e. The van der Waals surface area contributed by atoms with Crippen LogP contribution in [0.25, 0.3) is 0 Å². The van der Waals surface area contributed by atoms with Crippen molar-refractivity contribution in [3.05, 3.63) is 29.3 Å². The molecule has 4 N–H and O–H groups in total. The summed E-state index contributed by atoms with van der Waals surface area (Å²) in [6, 6.07) is 3.29. The van der Waals surface area contributed by atoms with Gasteiger partial charge in [0.1, 0.15) is 17.4 Å². The summed E-state index contributed by atoms with van der Waals surface area (Å²) in [4.78, 5) is 48.9. The third kappa shape index (κ3) is 5.62. The second-order valence-corrected chi connectivity index (χ2v) is 8.83. The number of hydrogen-bond acceptors (Lipinski definition) is 8. The minimum Gasteiger partial charge on any atom is -0.507 e. The standard InChI is InChI=1S/C23H30N2O8/c1-4-17(27)24-14-10-18(28)33-21(14)20(29)22(30)25-13(8-11(2)3)16-9-12-6-5-7-15(26)19(12)23(31)32-16/h5-7,11,13-14,16,20-21,26,29H,4,8-10H2,1-3H3,(H,24,27)(H,25,30)/t13-,14?,16?,20-,21?/m0/s1. The molecule has 33 heavy (non-hydrogen) atoms. The van der Waals surface area contributed by atoms with E-state index in [2.05, 4.69) is 10.6 Å². The first-order valence-corrected chi connectivity index (χ1v) is 11.1. The van der Waals surface area contributed by atoms with E-state index < -0.39 is 48.2 Å². The quantitative estimate of drug-likeness (QED) is 0.410. The average Bonchev–Trinajstić information content (AvgIpc) is 3.11. The fraction of sp³-hybridized carbons (Fsp3) is 0.565. The molecule has 2 amide bonds. The van der Waals surface area contributed by atoms with Crippen molar-refractivity contribution >= 4 is 23.8 Å². The van der Waals surface area contributed by atoms with Gasteiger partial charge in [0.05, 0.1) is 18.5 Å². The maximum atomic E-state index is 12.9. The molecular weight excluding hydrogens is 432 g/mol. The van der Waals surface area contributed by atoms with Crippen molar-refractivity contribution in [3.63, 3.8) is 0 Å². The first-order chi connectivity index (χ1) is 15.6. The van der Waals surface area contributed by atoms with Crippen molar-refractivity contribution < 1.29 is 38.9 Å². The Morgan fingerprint density at radius 2 is 1.91 bits per heavy atom. The van der Waals surface area contributed by atoms with Crippen molar-refractivity contribution in [1.82, 2.24) is 10.6 Å². The summed E-state index contributed by atoms with van der Waals surface area (Å²) in [7, 11) is 0. The molecule has 5 atom stereocenters. The molecule has 3 unspecified atom stereocenters. The Morgan fingerprint density at radius 3 is 2.58 bits per heavy atom. The predicted octanol–water partition coefficient (Wildman–Crippen LogP) is 0.576. The molecule has 1 fully saturated rings. The number of esters is 2. The molecule has 1 saturated heterocycles. The number of aliphatic hydroxyl groups excluding tert-OH is 1. The molecule has 0 saturated carbocycles. The van der Waals surface area contributed by atoms with Gasteiger partial charge in [-0.05, 0) is 24.0 Å². The Morgan fingerprint density at radius 1 is 1.18 bits per heavy atom. The number of carbonyl (C=O) groups is 4. The summed E-state index contributed by atoms with van der Waals surface area (Å²) < 4.78 is 10.6. The Labute approximate surface area is 191 Å². The highest BCUT2D eigenvalue weighted by molar-refractivity contribution is 5.95. The summed E-state index contributed by atoms with van der Waals surface area (Å²) in [5.41, 5.74) is 0.711. The van der Waals surface area contributed by atoms with Crippen LogP contribution in [0.5, 0.6) is 5.75 Å². The fourth-order valence-electron chi connectivity index (χ4n) is 4.20. The van der Waals surface area contributed by atoms with Crippen molar-refractivity contribution in [2.45, 2.75) is 76.9 Å². The van der Waals surface area contributed by atoms with E-state index in [0.29, 0.717) is 12.0 Å². The smallest absolute Gasteiger partial charge is 0.342 e. The van der Waals surface area contributed by atoms with Crippen molar-refractivity contribution in [2.24, 2.45) is 5.92 Å². The van der Waals surface area contributed by atoms with E-state index in [0.717, 1.165) is 0 Å². The molecular formula is C23H30N2O8. The van der Waals surface area contributed by atoms with E-state index in [1.165, 1.54) is 6.07 Å². The van der Waals surface area contributed by atoms with E-state index >= 15 is 0 Å². The molecule has 0 radical (unpaired) electrons. The van der Waals surface area contributed by atoms with Crippen LogP contribution < -0.4 is 10.6 Å². The normalized spacial score (nSPS) is 23.8. The zero-order valence-electron chi connectivity index (χ0n) is 18.9. The van der Waals surface area contributed by atoms with Crippen LogP contribution in [-0.2, 0) is 30.3 Å². The van der Waals surface area contributed by atoms with Crippen molar-refractivity contribution in [2.75, 3.05) is 0 Å². The van der Waals surface area contributed by atoms with Crippen LogP contribution in [-0.4, -0.2) is 64.4 Å². The number of aromatic hydroxyl groups is 1. The number of phenols is 1. The summed E-state index contributed by atoms with van der Waals surface area (Å²) in [6.45, 7) is 5.52. The Kier molecular flexibility index (Phi) is 7.57. The number of phenolic OH excluding ortho intramolecular Hbond substituents is 1. The second kappa shape index (κ2) is 10.2. The lowest BCUT2D eigenvalue weighted by molar-refractivity contribution is -0.151. The van der Waals surface area contributed by atoms with Crippen LogP contribution in [0.15, 0.2) is 18.2 Å². The van der Waals surface area contributed by atoms with Crippen LogP contribution in [0.3, 0.4) is 0 Å². The van der Waals surface area contributed by atoms with Crippen molar-refractivity contribution in [1.29, 1.82) is 0 Å². The third-order valence-electron chi connectivity index (χ3n) is 5.81. The molecule has 10 heteroatoms. The van der Waals surface area contributed by atoms with Crippen molar-refractivity contribution in [3.8, 4) is 5.75 Å². The number of carbonyl (C=O) groups excluding carboxylic acids is 4. The lowest BCUT2D eigenvalue weighted by Gasteiger charge is -2.34. The molecule has 10 nitrogen and oxygen atoms in total. The number of ether oxygens (including phenoxy) is 2. The van der Waals surface area contributed by atoms with Crippen LogP contribution in [0.1, 0.15) is 56.0 Å². The first-order valence-electron chi connectivity index (χ1n) is 11.1. The van der Waals surface area contributed by atoms with Gasteiger partial charge in [-0.25, -0.2) is 4.79 Å². The topological polar surface area (TPSA) is 151 Å². The SMILES string of the molecule is CCC(=O)NC1CC(=O)OC1[C@H](O)C(=O)N[C@@H](CC(C)C)C1Cc2cccc(O)c2C(=O)O1. The maximum Gasteiger partial charge on any atom is 0.342 e. The van der Waals surface area contributed by atoms with Gasteiger partial charge >= 0.3 is 11.9 Å². The highest BCUT2D eigenvalue weighted by Gasteiger charge is 2.44. The van der Waals surface area contributed by atoms with Crippen LogP contribution in [0, 0.1) is 5.92 Å². The third-order valence-corrected chi connectivity index (χ3v) is 5.81. The summed E-state index contributed by atoms with van der Waals surface area (Å²) in [5, 5.41) is 26.0. The molecule has 3 rings (SSSR count). The van der Waals surface area contributed by atoms with E-state index in [4.69, 9.17) is 9.47 Å².